The van der Waals surface area contributed by atoms with Gasteiger partial charge in [-0.2, -0.15) is 0 Å². The van der Waals surface area contributed by atoms with E-state index in [-0.39, 0.29) is 25.1 Å². The van der Waals surface area contributed by atoms with E-state index in [1.807, 2.05) is 188 Å². The topological polar surface area (TPSA) is 89.5 Å². The van der Waals surface area contributed by atoms with Crippen LogP contribution in [0.3, 0.4) is 0 Å². The van der Waals surface area contributed by atoms with E-state index < -0.39 is 14.3 Å². The van der Waals surface area contributed by atoms with Crippen LogP contribution in [0.15, 0.2) is 194 Å². The van der Waals surface area contributed by atoms with E-state index in [9.17, 15) is 0 Å². The van der Waals surface area contributed by atoms with Gasteiger partial charge in [0.05, 0.1) is 5.30 Å². The highest BCUT2D eigenvalue weighted by Crippen LogP contribution is 2.60. The second-order valence-corrected chi connectivity index (χ2v) is 19.5. The van der Waals surface area contributed by atoms with Crippen molar-refractivity contribution in [2.24, 2.45) is 0 Å². The molecule has 2 aliphatic heterocycles. The molecule has 0 aliphatic carbocycles. The summed E-state index contributed by atoms with van der Waals surface area (Å²) in [5.41, 5.74) is 0.848. The molecular weight excluding hydrogens is 790 g/mol. The fourth-order valence-electron chi connectivity index (χ4n) is 7.79. The number of rotatable bonds is 11. The maximum atomic E-state index is 16.6. The van der Waals surface area contributed by atoms with Gasteiger partial charge in [-0.15, -0.1) is 0 Å². The van der Waals surface area contributed by atoms with Crippen LogP contribution in [0.1, 0.15) is 0 Å². The molecule has 0 spiro atoms. The molecule has 0 fully saturated rings. The Balaban J connectivity index is 1.34. The summed E-state index contributed by atoms with van der Waals surface area (Å²) < 4.78 is 71.8. The maximum Gasteiger partial charge on any atom is 0.231 e. The van der Waals surface area contributed by atoms with Crippen LogP contribution in [0.4, 0.5) is 0 Å². The molecule has 8 nitrogen and oxygen atoms in total. The Morgan fingerprint density at radius 3 is 1.25 bits per heavy atom. The van der Waals surface area contributed by atoms with Crippen LogP contribution >= 0.6 is 14.3 Å². The highest BCUT2D eigenvalue weighted by Gasteiger charge is 2.43. The highest BCUT2D eigenvalue weighted by molar-refractivity contribution is 7.86. The Kier molecular flexibility index (Phi) is 9.73. The van der Waals surface area contributed by atoms with Gasteiger partial charge in [-0.1, -0.05) is 158 Å². The van der Waals surface area contributed by atoms with Crippen LogP contribution in [0.5, 0.6) is 46.0 Å². The predicted octanol–water partition coefficient (Wildman–Crippen LogP) is 9.67. The van der Waals surface area contributed by atoms with Crippen molar-refractivity contribution in [3.8, 4) is 57.1 Å². The normalized spacial score (nSPS) is 12.9. The van der Waals surface area contributed by atoms with E-state index >= 15 is 9.13 Å². The maximum absolute atomic E-state index is 16.6. The van der Waals surface area contributed by atoms with Gasteiger partial charge in [0.1, 0.15) is 11.5 Å². The first kappa shape index (κ1) is 37.3. The van der Waals surface area contributed by atoms with Crippen LogP contribution in [0, 0.1) is 0 Å². The second-order valence-electron chi connectivity index (χ2n) is 14.1. The molecule has 0 unspecified atom stereocenters. The minimum Gasteiger partial charge on any atom is -0.453 e. The Hall–Kier alpha value is -6.98. The zero-order valence-electron chi connectivity index (χ0n) is 32.0. The standard InChI is InChI=1S/C50H36O8P2/c51-59(37-23-11-3-12-24-37,38-25-13-4-14-26-38)43-32-42(57-35-19-7-1-8-20-35)47-49(55-34-54-47)45(43)41-31-44(48(50-46(41)53-33-56-50)58-36-21-9-2-10-22-36)60(52,39-27-15-5-16-28-39)40-29-17-6-18-30-40/h1-32H,33-34H2. The molecule has 10 rings (SSSR count). The Morgan fingerprint density at radius 1 is 0.383 bits per heavy atom. The van der Waals surface area contributed by atoms with Crippen molar-refractivity contribution >= 4 is 46.1 Å². The molecule has 294 valence electrons. The minimum absolute atomic E-state index is 0.133. The van der Waals surface area contributed by atoms with Crippen molar-refractivity contribution in [1.29, 1.82) is 0 Å². The van der Waals surface area contributed by atoms with Crippen LogP contribution < -0.4 is 60.2 Å². The zero-order valence-corrected chi connectivity index (χ0v) is 33.8. The fourth-order valence-corrected chi connectivity index (χ4v) is 13.4. The molecule has 8 aromatic rings. The number of hydrogen-bond donors (Lipinski definition) is 0. The summed E-state index contributed by atoms with van der Waals surface area (Å²) in [4.78, 5) is 0. The minimum atomic E-state index is -3.82. The lowest BCUT2D eigenvalue weighted by atomic mass is 10.0. The van der Waals surface area contributed by atoms with Crippen LogP contribution in [0.2, 0.25) is 0 Å². The number of fused-ring (bicyclic) bond motifs is 2. The highest BCUT2D eigenvalue weighted by atomic mass is 31.2. The van der Waals surface area contributed by atoms with Gasteiger partial charge in [-0.25, -0.2) is 0 Å². The van der Waals surface area contributed by atoms with E-state index in [0.29, 0.717) is 77.5 Å². The van der Waals surface area contributed by atoms with E-state index in [4.69, 9.17) is 28.4 Å². The van der Waals surface area contributed by atoms with Gasteiger partial charge in [0.25, 0.3) is 0 Å². The Bertz CT molecular complexity index is 2830. The summed E-state index contributed by atoms with van der Waals surface area (Å²) in [7, 11) is -7.62. The lowest BCUT2D eigenvalue weighted by Crippen LogP contribution is -2.28. The van der Waals surface area contributed by atoms with Gasteiger partial charge in [0.2, 0.25) is 25.1 Å². The Morgan fingerprint density at radius 2 is 0.767 bits per heavy atom. The number of ether oxygens (including phenoxy) is 6. The molecule has 2 heterocycles. The molecule has 0 aromatic heterocycles. The van der Waals surface area contributed by atoms with E-state index in [0.717, 1.165) is 0 Å². The van der Waals surface area contributed by atoms with Crippen LogP contribution in [-0.2, 0) is 9.13 Å². The monoisotopic (exact) mass is 826 g/mol. The van der Waals surface area contributed by atoms with Crippen molar-refractivity contribution in [2.75, 3.05) is 13.6 Å². The van der Waals surface area contributed by atoms with E-state index in [1.54, 1.807) is 6.07 Å². The molecular formula is C50H36O8P2. The quantitative estimate of drug-likeness (QED) is 0.119. The SMILES string of the molecule is O=P(c1ccccc1)(c1ccccc1)c1cc(-c2c(P(=O)(c3ccccc3)c3ccccc3)cc(Oc3ccccc3)c3c2OCO3)c2c(c1Oc1ccccc1)OCO2. The first-order chi connectivity index (χ1) is 29.5. The summed E-state index contributed by atoms with van der Waals surface area (Å²) in [6.45, 7) is -0.289. The third-order valence-corrected chi connectivity index (χ3v) is 16.7. The number of hydrogen-bond acceptors (Lipinski definition) is 8. The van der Waals surface area contributed by atoms with Gasteiger partial charge in [0, 0.05) is 37.6 Å². The first-order valence-electron chi connectivity index (χ1n) is 19.4. The molecule has 2 aliphatic rings. The molecule has 8 aromatic carbocycles. The summed E-state index contributed by atoms with van der Waals surface area (Å²) >= 11 is 0. The average Bonchev–Trinajstić information content (AvgIpc) is 4.03. The van der Waals surface area contributed by atoms with Crippen molar-refractivity contribution < 1.29 is 37.6 Å². The summed E-state index contributed by atoms with van der Waals surface area (Å²) in [5.74, 6) is 2.78. The van der Waals surface area contributed by atoms with Crippen LogP contribution in [-0.4, -0.2) is 13.6 Å². The van der Waals surface area contributed by atoms with Gasteiger partial charge in [-0.05, 0) is 36.4 Å². The molecule has 10 heteroatoms. The summed E-state index contributed by atoms with van der Waals surface area (Å²) in [5, 5.41) is 3.06. The third-order valence-electron chi connectivity index (χ3n) is 10.5. The lowest BCUT2D eigenvalue weighted by molar-refractivity contribution is 0.171. The summed E-state index contributed by atoms with van der Waals surface area (Å²) in [6.07, 6.45) is 0. The number of benzene rings is 8. The molecule has 0 saturated heterocycles. The largest absolute Gasteiger partial charge is 0.453 e. The second kappa shape index (κ2) is 15.6. The molecule has 0 amide bonds. The summed E-state index contributed by atoms with van der Waals surface area (Å²) in [6, 6.07) is 59.7. The molecule has 0 atom stereocenters. The van der Waals surface area contributed by atoms with Gasteiger partial charge >= 0.3 is 0 Å². The van der Waals surface area contributed by atoms with Gasteiger partial charge in [-0.3, -0.25) is 0 Å². The molecule has 0 N–H and O–H groups in total. The van der Waals surface area contributed by atoms with Gasteiger partial charge in [0.15, 0.2) is 37.3 Å². The molecule has 0 bridgehead atoms. The van der Waals surface area contributed by atoms with Crippen molar-refractivity contribution in [3.63, 3.8) is 0 Å². The van der Waals surface area contributed by atoms with Crippen molar-refractivity contribution in [1.82, 2.24) is 0 Å². The lowest BCUT2D eigenvalue weighted by Gasteiger charge is -2.27. The zero-order chi connectivity index (χ0) is 40.5. The van der Waals surface area contributed by atoms with Crippen molar-refractivity contribution in [2.45, 2.75) is 0 Å². The molecule has 0 radical (unpaired) electrons. The molecule has 60 heavy (non-hydrogen) atoms. The van der Waals surface area contributed by atoms with Crippen LogP contribution in [0.25, 0.3) is 11.1 Å². The fraction of sp³-hybridized carbons (Fsp3) is 0.0400. The average molecular weight is 827 g/mol. The third kappa shape index (κ3) is 6.42. The Labute approximate surface area is 347 Å². The predicted molar refractivity (Wildman–Crippen MR) is 236 cm³/mol. The van der Waals surface area contributed by atoms with Crippen molar-refractivity contribution in [3.05, 3.63) is 194 Å². The van der Waals surface area contributed by atoms with E-state index in [1.165, 1.54) is 0 Å². The van der Waals surface area contributed by atoms with E-state index in [2.05, 4.69) is 0 Å². The smallest absolute Gasteiger partial charge is 0.231 e. The first-order valence-corrected chi connectivity index (χ1v) is 22.8. The number of para-hydroxylation sites is 2. The van der Waals surface area contributed by atoms with Gasteiger partial charge < -0.3 is 37.6 Å². The molecule has 0 saturated carbocycles.